The predicted octanol–water partition coefficient (Wildman–Crippen LogP) is 2.16. The molecule has 0 amide bonds. The van der Waals surface area contributed by atoms with Crippen LogP contribution in [0.25, 0.3) is 5.78 Å². The summed E-state index contributed by atoms with van der Waals surface area (Å²) in [6.45, 7) is 3.80. The molecule has 0 bridgehead atoms. The molecule has 132 valence electrons. The molecule has 0 aliphatic carbocycles. The smallest absolute Gasteiger partial charge is 0.311 e. The molecule has 0 fully saturated rings. The predicted molar refractivity (Wildman–Crippen MR) is 91.9 cm³/mol. The van der Waals surface area contributed by atoms with Crippen LogP contribution in [0.3, 0.4) is 0 Å². The topological polar surface area (TPSA) is 102 Å². The number of benzene rings is 1. The van der Waals surface area contributed by atoms with Crippen molar-refractivity contribution >= 4 is 11.7 Å². The minimum atomic E-state index is -0.398. The Kier molecular flexibility index (Phi) is 4.80. The Bertz CT molecular complexity index is 1020. The van der Waals surface area contributed by atoms with E-state index in [0.717, 1.165) is 17.0 Å². The summed E-state index contributed by atoms with van der Waals surface area (Å²) in [6.07, 6.45) is 2.09. The van der Waals surface area contributed by atoms with Crippen molar-refractivity contribution in [2.24, 2.45) is 0 Å². The number of nitriles is 1. The molecule has 26 heavy (non-hydrogen) atoms. The number of ether oxygens (including phenoxy) is 2. The molecule has 3 rings (SSSR count). The Hall–Kier alpha value is -3.47. The SMILES string of the molecule is COc1cc(C#N)ccc1OC(=O)CCc1c(C)nc2ncnn2c1C. The molecule has 2 heterocycles. The van der Waals surface area contributed by atoms with Crippen LogP contribution < -0.4 is 9.47 Å². The highest BCUT2D eigenvalue weighted by Gasteiger charge is 2.15. The van der Waals surface area contributed by atoms with Crippen LogP contribution in [0.15, 0.2) is 24.5 Å². The number of esters is 1. The molecule has 8 heteroatoms. The number of carbonyl (C=O) groups is 1. The van der Waals surface area contributed by atoms with Gasteiger partial charge in [-0.3, -0.25) is 4.79 Å². The molecule has 0 unspecified atom stereocenters. The first kappa shape index (κ1) is 17.4. The summed E-state index contributed by atoms with van der Waals surface area (Å²) in [5, 5.41) is 13.1. The van der Waals surface area contributed by atoms with E-state index >= 15 is 0 Å². The van der Waals surface area contributed by atoms with Crippen molar-refractivity contribution in [3.8, 4) is 17.6 Å². The third-order valence-corrected chi connectivity index (χ3v) is 4.08. The summed E-state index contributed by atoms with van der Waals surface area (Å²) in [7, 11) is 1.46. The average Bonchev–Trinajstić information content (AvgIpc) is 3.10. The van der Waals surface area contributed by atoms with E-state index in [4.69, 9.17) is 14.7 Å². The summed E-state index contributed by atoms with van der Waals surface area (Å²) in [5.41, 5.74) is 3.08. The molecule has 0 spiro atoms. The Morgan fingerprint density at radius 1 is 1.31 bits per heavy atom. The lowest BCUT2D eigenvalue weighted by Crippen LogP contribution is -2.12. The lowest BCUT2D eigenvalue weighted by molar-refractivity contribution is -0.134. The van der Waals surface area contributed by atoms with E-state index in [2.05, 4.69) is 15.1 Å². The molecule has 8 nitrogen and oxygen atoms in total. The number of methoxy groups -OCH3 is 1. The maximum atomic E-state index is 12.2. The van der Waals surface area contributed by atoms with Gasteiger partial charge in [0, 0.05) is 17.5 Å². The number of rotatable bonds is 5. The maximum absolute atomic E-state index is 12.2. The van der Waals surface area contributed by atoms with E-state index < -0.39 is 5.97 Å². The molecule has 0 saturated heterocycles. The first-order valence-electron chi connectivity index (χ1n) is 7.98. The van der Waals surface area contributed by atoms with Crippen molar-refractivity contribution in [1.82, 2.24) is 19.6 Å². The first-order valence-corrected chi connectivity index (χ1v) is 7.98. The monoisotopic (exact) mass is 351 g/mol. The van der Waals surface area contributed by atoms with Crippen LogP contribution in [-0.2, 0) is 11.2 Å². The highest BCUT2D eigenvalue weighted by atomic mass is 16.6. The fourth-order valence-corrected chi connectivity index (χ4v) is 2.74. The second-order valence-electron chi connectivity index (χ2n) is 5.68. The van der Waals surface area contributed by atoms with E-state index in [9.17, 15) is 4.79 Å². The summed E-state index contributed by atoms with van der Waals surface area (Å²) < 4.78 is 12.2. The van der Waals surface area contributed by atoms with E-state index in [1.807, 2.05) is 19.9 Å². The third-order valence-electron chi connectivity index (χ3n) is 4.08. The molecule has 1 aromatic carbocycles. The minimum absolute atomic E-state index is 0.173. The van der Waals surface area contributed by atoms with Crippen LogP contribution in [0.5, 0.6) is 11.5 Å². The number of nitrogens with zero attached hydrogens (tertiary/aromatic N) is 5. The van der Waals surface area contributed by atoms with Crippen molar-refractivity contribution in [3.63, 3.8) is 0 Å². The summed E-state index contributed by atoms with van der Waals surface area (Å²) in [5.74, 6) is 0.768. The van der Waals surface area contributed by atoms with E-state index in [0.29, 0.717) is 23.5 Å². The van der Waals surface area contributed by atoms with Crippen molar-refractivity contribution in [1.29, 1.82) is 5.26 Å². The molecule has 0 aliphatic heterocycles. The molecular weight excluding hydrogens is 334 g/mol. The summed E-state index contributed by atoms with van der Waals surface area (Å²) >= 11 is 0. The average molecular weight is 351 g/mol. The van der Waals surface area contributed by atoms with Gasteiger partial charge in [0.25, 0.3) is 5.78 Å². The van der Waals surface area contributed by atoms with Gasteiger partial charge in [0.2, 0.25) is 0 Å². The minimum Gasteiger partial charge on any atom is -0.493 e. The van der Waals surface area contributed by atoms with Gasteiger partial charge in [0.1, 0.15) is 6.33 Å². The lowest BCUT2D eigenvalue weighted by Gasteiger charge is -2.11. The van der Waals surface area contributed by atoms with Crippen molar-refractivity contribution < 1.29 is 14.3 Å². The quantitative estimate of drug-likeness (QED) is 0.512. The molecule has 2 aromatic heterocycles. The Morgan fingerprint density at radius 2 is 2.12 bits per heavy atom. The second kappa shape index (κ2) is 7.19. The van der Waals surface area contributed by atoms with Crippen LogP contribution in [0.4, 0.5) is 0 Å². The molecule has 3 aromatic rings. The molecule has 0 aliphatic rings. The zero-order valence-electron chi connectivity index (χ0n) is 14.7. The van der Waals surface area contributed by atoms with Crippen molar-refractivity contribution in [2.75, 3.05) is 7.11 Å². The zero-order chi connectivity index (χ0) is 18.7. The molecule has 0 N–H and O–H groups in total. The normalized spacial score (nSPS) is 10.5. The van der Waals surface area contributed by atoms with E-state index in [-0.39, 0.29) is 12.2 Å². The Balaban J connectivity index is 1.73. The summed E-state index contributed by atoms with van der Waals surface area (Å²) in [6, 6.07) is 6.66. The first-order chi connectivity index (χ1) is 12.5. The number of hydrogen-bond donors (Lipinski definition) is 0. The van der Waals surface area contributed by atoms with Gasteiger partial charge < -0.3 is 9.47 Å². The van der Waals surface area contributed by atoms with Crippen LogP contribution in [0, 0.1) is 25.2 Å². The summed E-state index contributed by atoms with van der Waals surface area (Å²) in [4.78, 5) is 20.7. The van der Waals surface area contributed by atoms with E-state index in [1.54, 1.807) is 16.6 Å². The number of fused-ring (bicyclic) bond motifs is 1. The molecule has 0 radical (unpaired) electrons. The van der Waals surface area contributed by atoms with Gasteiger partial charge in [-0.1, -0.05) is 0 Å². The molecular formula is C18H17N5O3. The highest BCUT2D eigenvalue weighted by Crippen LogP contribution is 2.28. The lowest BCUT2D eigenvalue weighted by atomic mass is 10.1. The number of hydrogen-bond acceptors (Lipinski definition) is 7. The molecule has 0 saturated carbocycles. The number of carbonyl (C=O) groups excluding carboxylic acids is 1. The second-order valence-corrected chi connectivity index (χ2v) is 5.68. The number of aryl methyl sites for hydroxylation is 2. The van der Waals surface area contributed by atoms with Crippen LogP contribution in [-0.4, -0.2) is 32.7 Å². The van der Waals surface area contributed by atoms with Gasteiger partial charge in [0.05, 0.1) is 25.2 Å². The standard InChI is InChI=1S/C18H17N5O3/c1-11-14(12(2)23-18(22-11)20-10-21-23)5-7-17(24)26-15-6-4-13(9-19)8-16(15)25-3/h4,6,8,10H,5,7H2,1-3H3. The fourth-order valence-electron chi connectivity index (χ4n) is 2.74. The van der Waals surface area contributed by atoms with Crippen LogP contribution >= 0.6 is 0 Å². The Morgan fingerprint density at radius 3 is 2.85 bits per heavy atom. The largest absolute Gasteiger partial charge is 0.493 e. The third kappa shape index (κ3) is 3.32. The zero-order valence-corrected chi connectivity index (χ0v) is 14.7. The van der Waals surface area contributed by atoms with Gasteiger partial charge in [-0.05, 0) is 38.0 Å². The van der Waals surface area contributed by atoms with Crippen molar-refractivity contribution in [3.05, 3.63) is 47.0 Å². The fraction of sp³-hybridized carbons (Fsp3) is 0.278. The molecule has 0 atom stereocenters. The van der Waals surface area contributed by atoms with Crippen molar-refractivity contribution in [2.45, 2.75) is 26.7 Å². The number of aromatic nitrogens is 4. The van der Waals surface area contributed by atoms with Gasteiger partial charge in [-0.2, -0.15) is 15.3 Å². The van der Waals surface area contributed by atoms with E-state index in [1.165, 1.54) is 19.5 Å². The van der Waals surface area contributed by atoms with Gasteiger partial charge >= 0.3 is 5.97 Å². The van der Waals surface area contributed by atoms with Crippen LogP contribution in [0.1, 0.15) is 28.9 Å². The van der Waals surface area contributed by atoms with Gasteiger partial charge in [0.15, 0.2) is 11.5 Å². The maximum Gasteiger partial charge on any atom is 0.311 e. The van der Waals surface area contributed by atoms with Gasteiger partial charge in [-0.15, -0.1) is 0 Å². The highest BCUT2D eigenvalue weighted by molar-refractivity contribution is 5.73. The van der Waals surface area contributed by atoms with Gasteiger partial charge in [-0.25, -0.2) is 9.50 Å². The Labute approximate surface area is 150 Å². The van der Waals surface area contributed by atoms with Crippen LogP contribution in [0.2, 0.25) is 0 Å².